The molecule has 0 atom stereocenters. The van der Waals surface area contributed by atoms with Crippen LogP contribution in [0.15, 0.2) is 6.20 Å². The minimum atomic E-state index is -0.393. The Balaban J connectivity index is 1.70. The first-order valence-electron chi connectivity index (χ1n) is 7.44. The molecule has 1 aromatic heterocycles. The van der Waals surface area contributed by atoms with Gasteiger partial charge in [0.15, 0.2) is 5.13 Å². The molecule has 1 saturated heterocycles. The molecule has 7 nitrogen and oxygen atoms in total. The first-order chi connectivity index (χ1) is 10.6. The number of thiazole rings is 1. The third-order valence-corrected chi connectivity index (χ3v) is 4.43. The van der Waals surface area contributed by atoms with Crippen LogP contribution in [0.25, 0.3) is 0 Å². The molecule has 0 saturated carbocycles. The average molecular weight is 326 g/mol. The number of nitrogens with zero attached hydrogens (tertiary/aromatic N) is 2. The lowest BCUT2D eigenvalue weighted by Gasteiger charge is -2.30. The lowest BCUT2D eigenvalue weighted by molar-refractivity contribution is -0.144. The van der Waals surface area contributed by atoms with Gasteiger partial charge in [0.1, 0.15) is 6.54 Å². The van der Waals surface area contributed by atoms with E-state index in [0.29, 0.717) is 11.7 Å². The Bertz CT molecular complexity index is 512. The van der Waals surface area contributed by atoms with Gasteiger partial charge in [0.25, 0.3) is 0 Å². The van der Waals surface area contributed by atoms with Crippen molar-refractivity contribution in [3.63, 3.8) is 0 Å². The van der Waals surface area contributed by atoms with Gasteiger partial charge in [-0.3, -0.25) is 14.5 Å². The molecule has 1 fully saturated rings. The van der Waals surface area contributed by atoms with E-state index in [-0.39, 0.29) is 18.4 Å². The van der Waals surface area contributed by atoms with Crippen molar-refractivity contribution in [2.24, 2.45) is 5.92 Å². The van der Waals surface area contributed by atoms with Crippen molar-refractivity contribution in [3.05, 3.63) is 11.1 Å². The van der Waals surface area contributed by atoms with Gasteiger partial charge in [-0.1, -0.05) is 0 Å². The van der Waals surface area contributed by atoms with E-state index in [2.05, 4.69) is 15.2 Å². The van der Waals surface area contributed by atoms with Crippen LogP contribution in [-0.4, -0.2) is 48.0 Å². The molecule has 122 valence electrons. The SMILES string of the molecule is CCOC(=O)CNC(=O)C1CCN(Cc2cnc(N)s2)CC1. The average Bonchev–Trinajstić information content (AvgIpc) is 2.91. The van der Waals surface area contributed by atoms with Gasteiger partial charge >= 0.3 is 5.97 Å². The zero-order valence-corrected chi connectivity index (χ0v) is 13.5. The molecule has 2 rings (SSSR count). The maximum atomic E-state index is 12.0. The molecule has 0 aromatic carbocycles. The van der Waals surface area contributed by atoms with E-state index in [1.165, 1.54) is 11.3 Å². The summed E-state index contributed by atoms with van der Waals surface area (Å²) in [5, 5.41) is 3.23. The number of hydrogen-bond donors (Lipinski definition) is 2. The lowest BCUT2D eigenvalue weighted by Crippen LogP contribution is -2.41. The topological polar surface area (TPSA) is 97.5 Å². The standard InChI is InChI=1S/C14H22N4O3S/c1-2-21-12(19)8-16-13(20)10-3-5-18(6-4-10)9-11-7-17-14(15)22-11/h7,10H,2-6,8-9H2,1H3,(H2,15,17)(H,16,20). The quantitative estimate of drug-likeness (QED) is 0.744. The maximum absolute atomic E-state index is 12.0. The van der Waals surface area contributed by atoms with E-state index < -0.39 is 5.97 Å². The highest BCUT2D eigenvalue weighted by atomic mass is 32.1. The third kappa shape index (κ3) is 4.96. The van der Waals surface area contributed by atoms with Crippen molar-refractivity contribution in [1.29, 1.82) is 0 Å². The molecule has 8 heteroatoms. The number of carbonyl (C=O) groups excluding carboxylic acids is 2. The minimum absolute atomic E-state index is 0.0304. The number of hydrogen-bond acceptors (Lipinski definition) is 7. The fraction of sp³-hybridized carbons (Fsp3) is 0.643. The van der Waals surface area contributed by atoms with Gasteiger partial charge in [-0.15, -0.1) is 11.3 Å². The number of carbonyl (C=O) groups is 2. The van der Waals surface area contributed by atoms with Gasteiger partial charge in [-0.05, 0) is 32.9 Å². The molecular formula is C14H22N4O3S. The predicted molar refractivity (Wildman–Crippen MR) is 84.2 cm³/mol. The number of nitrogen functional groups attached to an aromatic ring is 1. The summed E-state index contributed by atoms with van der Waals surface area (Å²) in [7, 11) is 0. The first-order valence-corrected chi connectivity index (χ1v) is 8.26. The largest absolute Gasteiger partial charge is 0.465 e. The molecule has 1 aliphatic heterocycles. The first kappa shape index (κ1) is 16.7. The Morgan fingerprint density at radius 3 is 2.82 bits per heavy atom. The van der Waals surface area contributed by atoms with Crippen molar-refractivity contribution in [2.45, 2.75) is 26.3 Å². The highest BCUT2D eigenvalue weighted by Gasteiger charge is 2.25. The van der Waals surface area contributed by atoms with Crippen LogP contribution in [0.1, 0.15) is 24.6 Å². The van der Waals surface area contributed by atoms with Gasteiger partial charge in [0.05, 0.1) is 6.61 Å². The minimum Gasteiger partial charge on any atom is -0.465 e. The van der Waals surface area contributed by atoms with Crippen molar-refractivity contribution in [2.75, 3.05) is 32.0 Å². The predicted octanol–water partition coefficient (Wildman–Crippen LogP) is 0.617. The Morgan fingerprint density at radius 2 is 2.23 bits per heavy atom. The molecule has 1 aliphatic rings. The number of likely N-dealkylation sites (tertiary alicyclic amines) is 1. The van der Waals surface area contributed by atoms with Crippen LogP contribution in [0, 0.1) is 5.92 Å². The smallest absolute Gasteiger partial charge is 0.325 e. The number of amides is 1. The molecule has 0 aliphatic carbocycles. The molecule has 1 amide bonds. The highest BCUT2D eigenvalue weighted by Crippen LogP contribution is 2.22. The number of ether oxygens (including phenoxy) is 1. The summed E-state index contributed by atoms with van der Waals surface area (Å²) in [6.45, 7) is 4.56. The van der Waals surface area contributed by atoms with E-state index in [9.17, 15) is 9.59 Å². The van der Waals surface area contributed by atoms with Crippen molar-refractivity contribution in [3.8, 4) is 0 Å². The van der Waals surface area contributed by atoms with Crippen LogP contribution in [0.3, 0.4) is 0 Å². The summed E-state index contributed by atoms with van der Waals surface area (Å²) in [6, 6.07) is 0. The highest BCUT2D eigenvalue weighted by molar-refractivity contribution is 7.15. The molecule has 0 unspecified atom stereocenters. The van der Waals surface area contributed by atoms with Gasteiger partial charge in [0, 0.05) is 23.5 Å². The van der Waals surface area contributed by atoms with E-state index in [0.717, 1.165) is 37.4 Å². The van der Waals surface area contributed by atoms with Gasteiger partial charge < -0.3 is 15.8 Å². The van der Waals surface area contributed by atoms with Crippen LogP contribution >= 0.6 is 11.3 Å². The number of piperidine rings is 1. The second kappa shape index (κ2) is 8.09. The van der Waals surface area contributed by atoms with E-state index >= 15 is 0 Å². The molecule has 0 radical (unpaired) electrons. The zero-order chi connectivity index (χ0) is 15.9. The molecule has 0 spiro atoms. The summed E-state index contributed by atoms with van der Waals surface area (Å²) in [5.41, 5.74) is 5.62. The van der Waals surface area contributed by atoms with Crippen molar-refractivity contribution >= 4 is 28.3 Å². The molecule has 22 heavy (non-hydrogen) atoms. The summed E-state index contributed by atoms with van der Waals surface area (Å²) in [6.07, 6.45) is 3.39. The number of rotatable bonds is 6. The third-order valence-electron chi connectivity index (χ3n) is 3.62. The van der Waals surface area contributed by atoms with E-state index in [4.69, 9.17) is 10.5 Å². The van der Waals surface area contributed by atoms with Gasteiger partial charge in [-0.25, -0.2) is 4.98 Å². The van der Waals surface area contributed by atoms with Gasteiger partial charge in [0.2, 0.25) is 5.91 Å². The second-order valence-corrected chi connectivity index (χ2v) is 6.38. The number of anilines is 1. The molecular weight excluding hydrogens is 304 g/mol. The van der Waals surface area contributed by atoms with Crippen molar-refractivity contribution < 1.29 is 14.3 Å². The fourth-order valence-corrected chi connectivity index (χ4v) is 3.21. The summed E-state index contributed by atoms with van der Waals surface area (Å²) < 4.78 is 4.79. The summed E-state index contributed by atoms with van der Waals surface area (Å²) in [4.78, 5) is 30.7. The summed E-state index contributed by atoms with van der Waals surface area (Å²) in [5.74, 6) is -0.483. The Kier molecular flexibility index (Phi) is 6.14. The van der Waals surface area contributed by atoms with Crippen LogP contribution in [-0.2, 0) is 20.9 Å². The Labute approximate surface area is 133 Å². The van der Waals surface area contributed by atoms with Crippen LogP contribution in [0.5, 0.6) is 0 Å². The van der Waals surface area contributed by atoms with Crippen LogP contribution in [0.2, 0.25) is 0 Å². The van der Waals surface area contributed by atoms with E-state index in [1.807, 2.05) is 0 Å². The molecule has 0 bridgehead atoms. The molecule has 1 aromatic rings. The normalized spacial score (nSPS) is 16.4. The van der Waals surface area contributed by atoms with Crippen LogP contribution < -0.4 is 11.1 Å². The lowest BCUT2D eigenvalue weighted by atomic mass is 9.96. The maximum Gasteiger partial charge on any atom is 0.325 e. The molecule has 2 heterocycles. The second-order valence-electron chi connectivity index (χ2n) is 5.24. The molecule has 3 N–H and O–H groups in total. The fourth-order valence-electron chi connectivity index (χ4n) is 2.49. The number of aromatic nitrogens is 1. The number of esters is 1. The number of nitrogens with two attached hydrogens (primary N) is 1. The summed E-state index contributed by atoms with van der Waals surface area (Å²) >= 11 is 1.50. The van der Waals surface area contributed by atoms with Crippen LogP contribution in [0.4, 0.5) is 5.13 Å². The monoisotopic (exact) mass is 326 g/mol. The van der Waals surface area contributed by atoms with Crippen molar-refractivity contribution in [1.82, 2.24) is 15.2 Å². The zero-order valence-electron chi connectivity index (χ0n) is 12.7. The number of nitrogens with one attached hydrogen (secondary N) is 1. The Hall–Kier alpha value is -1.67. The Morgan fingerprint density at radius 1 is 1.50 bits per heavy atom. The van der Waals surface area contributed by atoms with Gasteiger partial charge in [-0.2, -0.15) is 0 Å². The van der Waals surface area contributed by atoms with E-state index in [1.54, 1.807) is 13.1 Å².